The Balaban J connectivity index is 2.19. The van der Waals surface area contributed by atoms with Gasteiger partial charge in [0.1, 0.15) is 0 Å². The summed E-state index contributed by atoms with van der Waals surface area (Å²) in [6, 6.07) is 17.7. The van der Waals surface area contributed by atoms with Gasteiger partial charge in [-0.05, 0) is 37.9 Å². The van der Waals surface area contributed by atoms with E-state index in [1.54, 1.807) is 0 Å². The number of rotatable bonds is 6. The molecule has 1 unspecified atom stereocenters. The van der Waals surface area contributed by atoms with Crippen molar-refractivity contribution in [2.24, 2.45) is 0 Å². The van der Waals surface area contributed by atoms with Crippen LogP contribution in [0.4, 0.5) is 0 Å². The highest BCUT2D eigenvalue weighted by Gasteiger charge is 2.12. The van der Waals surface area contributed by atoms with E-state index in [1.165, 1.54) is 22.3 Å². The lowest BCUT2D eigenvalue weighted by Gasteiger charge is -2.18. The molecule has 0 radical (unpaired) electrons. The predicted octanol–water partition coefficient (Wildman–Crippen LogP) is 4.24. The second-order valence-corrected chi connectivity index (χ2v) is 5.62. The maximum absolute atomic E-state index is 3.50. The van der Waals surface area contributed by atoms with Gasteiger partial charge in [-0.25, -0.2) is 0 Å². The first-order valence-corrected chi connectivity index (χ1v) is 7.52. The molecule has 0 aromatic heterocycles. The molecule has 0 aliphatic heterocycles. The molecule has 1 atom stereocenters. The summed E-state index contributed by atoms with van der Waals surface area (Å²) in [5, 5.41) is 3.50. The van der Waals surface area contributed by atoms with Crippen LogP contribution in [0.25, 0.3) is 0 Å². The molecule has 0 saturated heterocycles. The van der Waals surface area contributed by atoms with E-state index in [4.69, 9.17) is 0 Å². The minimum Gasteiger partial charge on any atom is -0.316 e. The van der Waals surface area contributed by atoms with Crippen LogP contribution in [0, 0.1) is 13.8 Å². The maximum Gasteiger partial charge on any atom is 0.00232 e. The Bertz CT molecular complexity index is 510. The van der Waals surface area contributed by atoms with E-state index in [0.29, 0.717) is 5.92 Å². The van der Waals surface area contributed by atoms with E-state index in [9.17, 15) is 0 Å². The van der Waals surface area contributed by atoms with Crippen molar-refractivity contribution >= 4 is 0 Å². The van der Waals surface area contributed by atoms with Gasteiger partial charge in [0.2, 0.25) is 0 Å². The molecule has 2 aromatic rings. The molecule has 1 N–H and O–H groups in total. The summed E-state index contributed by atoms with van der Waals surface area (Å²) in [7, 11) is 0. The van der Waals surface area contributed by atoms with Gasteiger partial charge in [-0.3, -0.25) is 0 Å². The number of aryl methyl sites for hydroxylation is 2. The fraction of sp³-hybridized carbons (Fsp3) is 0.368. The zero-order valence-corrected chi connectivity index (χ0v) is 12.8. The molecule has 0 spiro atoms. The van der Waals surface area contributed by atoms with Crippen molar-refractivity contribution in [2.45, 2.75) is 33.1 Å². The van der Waals surface area contributed by atoms with Crippen LogP contribution in [-0.4, -0.2) is 13.1 Å². The number of hydrogen-bond acceptors (Lipinski definition) is 1. The lowest BCUT2D eigenvalue weighted by atomic mass is 9.90. The van der Waals surface area contributed by atoms with Gasteiger partial charge in [0.05, 0.1) is 0 Å². The monoisotopic (exact) mass is 267 g/mol. The van der Waals surface area contributed by atoms with Crippen LogP contribution in [0.15, 0.2) is 48.5 Å². The molecule has 0 amide bonds. The number of benzene rings is 2. The molecule has 0 aliphatic rings. The van der Waals surface area contributed by atoms with Crippen molar-refractivity contribution in [1.29, 1.82) is 0 Å². The highest BCUT2D eigenvalue weighted by atomic mass is 14.8. The summed E-state index contributed by atoms with van der Waals surface area (Å²) in [6.07, 6.45) is 1.10. The Labute approximate surface area is 123 Å². The van der Waals surface area contributed by atoms with Crippen molar-refractivity contribution in [1.82, 2.24) is 5.32 Å². The van der Waals surface area contributed by atoms with Crippen LogP contribution in [0.2, 0.25) is 0 Å². The summed E-state index contributed by atoms with van der Waals surface area (Å²) >= 11 is 0. The number of likely N-dealkylation sites (N-methyl/N-ethyl adjacent to an activating group) is 1. The molecule has 0 heterocycles. The van der Waals surface area contributed by atoms with Crippen molar-refractivity contribution in [3.63, 3.8) is 0 Å². The van der Waals surface area contributed by atoms with Gasteiger partial charge in [0.15, 0.2) is 0 Å². The summed E-state index contributed by atoms with van der Waals surface area (Å²) in [5.41, 5.74) is 5.58. The zero-order valence-electron chi connectivity index (χ0n) is 12.8. The van der Waals surface area contributed by atoms with E-state index < -0.39 is 0 Å². The van der Waals surface area contributed by atoms with Crippen LogP contribution in [0.5, 0.6) is 0 Å². The molecule has 106 valence electrons. The fourth-order valence-electron chi connectivity index (χ4n) is 2.82. The van der Waals surface area contributed by atoms with Crippen LogP contribution < -0.4 is 5.32 Å². The van der Waals surface area contributed by atoms with Gasteiger partial charge in [-0.1, -0.05) is 66.6 Å². The van der Waals surface area contributed by atoms with Gasteiger partial charge < -0.3 is 5.32 Å². The molecule has 2 rings (SSSR count). The SMILES string of the molecule is CCNCC(Cc1cc(C)cc(C)c1)c1ccccc1. The largest absolute Gasteiger partial charge is 0.316 e. The second kappa shape index (κ2) is 7.25. The summed E-state index contributed by atoms with van der Waals surface area (Å²) < 4.78 is 0. The zero-order chi connectivity index (χ0) is 14.4. The Kier molecular flexibility index (Phi) is 5.37. The topological polar surface area (TPSA) is 12.0 Å². The van der Waals surface area contributed by atoms with Crippen molar-refractivity contribution < 1.29 is 0 Å². The molecular formula is C19H25N. The Hall–Kier alpha value is -1.60. The van der Waals surface area contributed by atoms with E-state index in [2.05, 4.69) is 74.6 Å². The van der Waals surface area contributed by atoms with Gasteiger partial charge >= 0.3 is 0 Å². The van der Waals surface area contributed by atoms with E-state index >= 15 is 0 Å². The average molecular weight is 267 g/mol. The minimum atomic E-state index is 0.539. The first kappa shape index (κ1) is 14.8. The van der Waals surface area contributed by atoms with Crippen molar-refractivity contribution in [3.05, 3.63) is 70.8 Å². The van der Waals surface area contributed by atoms with Gasteiger partial charge in [-0.2, -0.15) is 0 Å². The third kappa shape index (κ3) is 4.21. The number of hydrogen-bond donors (Lipinski definition) is 1. The normalized spacial score (nSPS) is 12.3. The molecular weight excluding hydrogens is 242 g/mol. The first-order chi connectivity index (χ1) is 9.69. The first-order valence-electron chi connectivity index (χ1n) is 7.52. The van der Waals surface area contributed by atoms with Gasteiger partial charge in [0, 0.05) is 12.5 Å². The highest BCUT2D eigenvalue weighted by Crippen LogP contribution is 2.21. The van der Waals surface area contributed by atoms with Crippen LogP contribution in [0.3, 0.4) is 0 Å². The smallest absolute Gasteiger partial charge is 0.00232 e. The molecule has 20 heavy (non-hydrogen) atoms. The second-order valence-electron chi connectivity index (χ2n) is 5.62. The molecule has 0 saturated carbocycles. The predicted molar refractivity (Wildman–Crippen MR) is 87.3 cm³/mol. The lowest BCUT2D eigenvalue weighted by Crippen LogP contribution is -2.22. The highest BCUT2D eigenvalue weighted by molar-refractivity contribution is 5.31. The molecule has 1 heteroatoms. The van der Waals surface area contributed by atoms with Gasteiger partial charge in [0.25, 0.3) is 0 Å². The summed E-state index contributed by atoms with van der Waals surface area (Å²) in [4.78, 5) is 0. The van der Waals surface area contributed by atoms with E-state index in [0.717, 1.165) is 19.5 Å². The van der Waals surface area contributed by atoms with E-state index in [1.807, 2.05) is 0 Å². The van der Waals surface area contributed by atoms with Crippen LogP contribution in [0.1, 0.15) is 35.1 Å². The fourth-order valence-corrected chi connectivity index (χ4v) is 2.82. The Morgan fingerprint density at radius 1 is 0.950 bits per heavy atom. The maximum atomic E-state index is 3.50. The van der Waals surface area contributed by atoms with Crippen LogP contribution in [-0.2, 0) is 6.42 Å². The van der Waals surface area contributed by atoms with Crippen molar-refractivity contribution in [3.8, 4) is 0 Å². The summed E-state index contributed by atoms with van der Waals surface area (Å²) in [6.45, 7) is 8.58. The van der Waals surface area contributed by atoms with Gasteiger partial charge in [-0.15, -0.1) is 0 Å². The standard InChI is InChI=1S/C19H25N/c1-4-20-14-19(18-8-6-5-7-9-18)13-17-11-15(2)10-16(3)12-17/h5-12,19-20H,4,13-14H2,1-3H3. The lowest BCUT2D eigenvalue weighted by molar-refractivity contribution is 0.595. The van der Waals surface area contributed by atoms with E-state index in [-0.39, 0.29) is 0 Å². The quantitative estimate of drug-likeness (QED) is 0.825. The molecule has 0 fully saturated rings. The molecule has 1 nitrogen and oxygen atoms in total. The molecule has 0 bridgehead atoms. The molecule has 2 aromatic carbocycles. The molecule has 0 aliphatic carbocycles. The summed E-state index contributed by atoms with van der Waals surface area (Å²) in [5.74, 6) is 0.539. The third-order valence-corrected chi connectivity index (χ3v) is 3.68. The van der Waals surface area contributed by atoms with Crippen molar-refractivity contribution in [2.75, 3.05) is 13.1 Å². The van der Waals surface area contributed by atoms with Crippen LogP contribution >= 0.6 is 0 Å². The number of nitrogens with one attached hydrogen (secondary N) is 1. The average Bonchev–Trinajstić information content (AvgIpc) is 2.43. The third-order valence-electron chi connectivity index (χ3n) is 3.68. The minimum absolute atomic E-state index is 0.539. The Morgan fingerprint density at radius 2 is 1.60 bits per heavy atom. The Morgan fingerprint density at radius 3 is 2.20 bits per heavy atom.